The molecule has 0 saturated heterocycles. The van der Waals surface area contributed by atoms with Crippen LogP contribution >= 0.6 is 11.3 Å². The lowest BCUT2D eigenvalue weighted by atomic mass is 10.1. The van der Waals surface area contributed by atoms with Crippen molar-refractivity contribution in [2.24, 2.45) is 0 Å². The van der Waals surface area contributed by atoms with Crippen LogP contribution in [0.15, 0.2) is 35.8 Å². The Morgan fingerprint density at radius 3 is 2.89 bits per heavy atom. The third kappa shape index (κ3) is 3.78. The van der Waals surface area contributed by atoms with Gasteiger partial charge in [-0.25, -0.2) is 4.98 Å². The van der Waals surface area contributed by atoms with Gasteiger partial charge in [-0.05, 0) is 24.6 Å². The van der Waals surface area contributed by atoms with Crippen molar-refractivity contribution in [2.45, 2.75) is 25.8 Å². The summed E-state index contributed by atoms with van der Waals surface area (Å²) in [5, 5.41) is 6.76. The fourth-order valence-electron chi connectivity index (χ4n) is 1.95. The molecule has 0 aliphatic heterocycles. The molecule has 0 saturated carbocycles. The topological polar surface area (TPSA) is 34.1 Å². The van der Waals surface area contributed by atoms with E-state index in [1.165, 1.54) is 10.6 Å². The summed E-state index contributed by atoms with van der Waals surface area (Å²) in [7, 11) is 1.70. The largest absolute Gasteiger partial charge is 0.497 e. The third-order valence-corrected chi connectivity index (χ3v) is 4.20. The van der Waals surface area contributed by atoms with E-state index in [1.807, 2.05) is 23.7 Å². The second-order valence-corrected chi connectivity index (χ2v) is 5.60. The number of nitrogens with zero attached hydrogens (tertiary/aromatic N) is 1. The summed E-state index contributed by atoms with van der Waals surface area (Å²) in [5.41, 5.74) is 1.24. The Balaban J connectivity index is 1.91. The lowest BCUT2D eigenvalue weighted by Crippen LogP contribution is -2.23. The minimum atomic E-state index is 0.303. The number of hydrogen-bond donors (Lipinski definition) is 1. The SMILES string of the molecule is COc1cccc(C(C)NCC(C)c2nccs2)c1. The molecule has 2 aromatic rings. The molecule has 2 unspecified atom stereocenters. The van der Waals surface area contributed by atoms with E-state index in [2.05, 4.69) is 36.3 Å². The van der Waals surface area contributed by atoms with Crippen molar-refractivity contribution in [3.05, 3.63) is 46.4 Å². The average Bonchev–Trinajstić information content (AvgIpc) is 2.98. The molecule has 0 aliphatic rings. The number of rotatable bonds is 6. The fraction of sp³-hybridized carbons (Fsp3) is 0.400. The first kappa shape index (κ1) is 14.0. The van der Waals surface area contributed by atoms with Crippen LogP contribution in [0.25, 0.3) is 0 Å². The molecule has 1 heterocycles. The van der Waals surface area contributed by atoms with Crippen LogP contribution in [0.2, 0.25) is 0 Å². The van der Waals surface area contributed by atoms with Crippen molar-refractivity contribution in [3.8, 4) is 5.75 Å². The molecular formula is C15H20N2OS. The third-order valence-electron chi connectivity index (χ3n) is 3.20. The molecule has 1 aromatic heterocycles. The predicted octanol–water partition coefficient (Wildman–Crippen LogP) is 3.61. The van der Waals surface area contributed by atoms with Gasteiger partial charge in [-0.2, -0.15) is 0 Å². The Bertz CT molecular complexity index is 499. The van der Waals surface area contributed by atoms with Gasteiger partial charge in [-0.1, -0.05) is 19.1 Å². The first-order valence-electron chi connectivity index (χ1n) is 6.47. The number of ether oxygens (including phenoxy) is 1. The Hall–Kier alpha value is -1.39. The van der Waals surface area contributed by atoms with E-state index in [9.17, 15) is 0 Å². The van der Waals surface area contributed by atoms with E-state index in [1.54, 1.807) is 18.4 Å². The van der Waals surface area contributed by atoms with Gasteiger partial charge in [0.05, 0.1) is 12.1 Å². The summed E-state index contributed by atoms with van der Waals surface area (Å²) < 4.78 is 5.25. The molecule has 0 aliphatic carbocycles. The molecule has 0 spiro atoms. The minimum Gasteiger partial charge on any atom is -0.497 e. The van der Waals surface area contributed by atoms with Gasteiger partial charge in [-0.3, -0.25) is 0 Å². The minimum absolute atomic E-state index is 0.303. The molecule has 0 fully saturated rings. The summed E-state index contributed by atoms with van der Waals surface area (Å²) in [6.07, 6.45) is 1.86. The molecule has 2 rings (SSSR count). The highest BCUT2D eigenvalue weighted by molar-refractivity contribution is 7.09. The molecule has 0 radical (unpaired) electrons. The van der Waals surface area contributed by atoms with E-state index in [4.69, 9.17) is 4.74 Å². The van der Waals surface area contributed by atoms with Crippen LogP contribution < -0.4 is 10.1 Å². The summed E-state index contributed by atoms with van der Waals surface area (Å²) in [6.45, 7) is 5.29. The monoisotopic (exact) mass is 276 g/mol. The fourth-order valence-corrected chi connectivity index (χ4v) is 2.65. The maximum atomic E-state index is 5.25. The van der Waals surface area contributed by atoms with Gasteiger partial charge in [-0.15, -0.1) is 11.3 Å². The molecule has 0 bridgehead atoms. The quantitative estimate of drug-likeness (QED) is 0.875. The van der Waals surface area contributed by atoms with Gasteiger partial charge in [0.15, 0.2) is 0 Å². The zero-order chi connectivity index (χ0) is 13.7. The Labute approximate surface area is 118 Å². The van der Waals surface area contributed by atoms with Crippen LogP contribution in [0.4, 0.5) is 0 Å². The normalized spacial score (nSPS) is 14.1. The maximum absolute atomic E-state index is 5.25. The van der Waals surface area contributed by atoms with Crippen molar-refractivity contribution in [1.29, 1.82) is 0 Å². The Kier molecular flexibility index (Phi) is 4.93. The number of hydrogen-bond acceptors (Lipinski definition) is 4. The summed E-state index contributed by atoms with van der Waals surface area (Å²) in [5.74, 6) is 1.34. The Morgan fingerprint density at radius 1 is 1.37 bits per heavy atom. The number of thiazole rings is 1. The van der Waals surface area contributed by atoms with Crippen molar-refractivity contribution >= 4 is 11.3 Å². The van der Waals surface area contributed by atoms with Gasteiger partial charge in [0.25, 0.3) is 0 Å². The molecule has 2 atom stereocenters. The maximum Gasteiger partial charge on any atom is 0.119 e. The first-order valence-corrected chi connectivity index (χ1v) is 7.35. The van der Waals surface area contributed by atoms with Crippen LogP contribution in [0.3, 0.4) is 0 Å². The smallest absolute Gasteiger partial charge is 0.119 e. The van der Waals surface area contributed by atoms with E-state index in [-0.39, 0.29) is 0 Å². The molecule has 102 valence electrons. The van der Waals surface area contributed by atoms with Crippen LogP contribution in [-0.4, -0.2) is 18.6 Å². The van der Waals surface area contributed by atoms with Crippen LogP contribution in [0.5, 0.6) is 5.75 Å². The van der Waals surface area contributed by atoms with Crippen LogP contribution in [0.1, 0.15) is 36.4 Å². The van der Waals surface area contributed by atoms with Crippen molar-refractivity contribution < 1.29 is 4.74 Å². The van der Waals surface area contributed by atoms with Gasteiger partial charge in [0, 0.05) is 30.1 Å². The molecule has 3 nitrogen and oxygen atoms in total. The zero-order valence-electron chi connectivity index (χ0n) is 11.6. The van der Waals surface area contributed by atoms with Gasteiger partial charge in [0.2, 0.25) is 0 Å². The zero-order valence-corrected chi connectivity index (χ0v) is 12.4. The van der Waals surface area contributed by atoms with Gasteiger partial charge < -0.3 is 10.1 Å². The highest BCUT2D eigenvalue weighted by Gasteiger charge is 2.11. The lowest BCUT2D eigenvalue weighted by molar-refractivity contribution is 0.413. The molecule has 1 aromatic carbocycles. The highest BCUT2D eigenvalue weighted by atomic mass is 32.1. The predicted molar refractivity (Wildman–Crippen MR) is 79.9 cm³/mol. The second kappa shape index (κ2) is 6.68. The van der Waals surface area contributed by atoms with Crippen molar-refractivity contribution in [3.63, 3.8) is 0 Å². The number of aromatic nitrogens is 1. The highest BCUT2D eigenvalue weighted by Crippen LogP contribution is 2.21. The standard InChI is InChI=1S/C15H20N2OS/c1-11(15-16-7-8-19-15)10-17-12(2)13-5-4-6-14(9-13)18-3/h4-9,11-12,17H,10H2,1-3H3. The van der Waals surface area contributed by atoms with Gasteiger partial charge in [0.1, 0.15) is 5.75 Å². The van der Waals surface area contributed by atoms with Gasteiger partial charge >= 0.3 is 0 Å². The summed E-state index contributed by atoms with van der Waals surface area (Å²) in [4.78, 5) is 4.35. The first-order chi connectivity index (χ1) is 9.20. The summed E-state index contributed by atoms with van der Waals surface area (Å²) in [6, 6.07) is 8.49. The molecule has 0 amide bonds. The van der Waals surface area contributed by atoms with E-state index >= 15 is 0 Å². The number of benzene rings is 1. The van der Waals surface area contributed by atoms with E-state index in [0.717, 1.165) is 12.3 Å². The average molecular weight is 276 g/mol. The van der Waals surface area contributed by atoms with E-state index in [0.29, 0.717) is 12.0 Å². The molecular weight excluding hydrogens is 256 g/mol. The molecule has 19 heavy (non-hydrogen) atoms. The second-order valence-electron chi connectivity index (χ2n) is 4.68. The van der Waals surface area contributed by atoms with Crippen LogP contribution in [-0.2, 0) is 0 Å². The van der Waals surface area contributed by atoms with Crippen molar-refractivity contribution in [2.75, 3.05) is 13.7 Å². The number of methoxy groups -OCH3 is 1. The van der Waals surface area contributed by atoms with E-state index < -0.39 is 0 Å². The summed E-state index contributed by atoms with van der Waals surface area (Å²) >= 11 is 1.71. The molecule has 1 N–H and O–H groups in total. The Morgan fingerprint density at radius 2 is 2.21 bits per heavy atom. The van der Waals surface area contributed by atoms with Crippen LogP contribution in [0, 0.1) is 0 Å². The lowest BCUT2D eigenvalue weighted by Gasteiger charge is -2.17. The van der Waals surface area contributed by atoms with Crippen molar-refractivity contribution in [1.82, 2.24) is 10.3 Å². The number of nitrogens with one attached hydrogen (secondary N) is 1. The molecule has 4 heteroatoms.